The third kappa shape index (κ3) is 2.20. The van der Waals surface area contributed by atoms with Crippen LogP contribution in [0.2, 0.25) is 0 Å². The summed E-state index contributed by atoms with van der Waals surface area (Å²) in [6.07, 6.45) is 3.61. The Bertz CT molecular complexity index is 873. The number of nitrogens with zero attached hydrogens (tertiary/aromatic N) is 2. The summed E-state index contributed by atoms with van der Waals surface area (Å²) in [5.74, 6) is -1.13. The van der Waals surface area contributed by atoms with Gasteiger partial charge in [-0.15, -0.1) is 0 Å². The number of ketones is 1. The van der Waals surface area contributed by atoms with E-state index in [9.17, 15) is 14.7 Å². The Morgan fingerprint density at radius 2 is 1.86 bits per heavy atom. The maximum Gasteiger partial charge on any atom is 0.354 e. The van der Waals surface area contributed by atoms with E-state index in [-0.39, 0.29) is 18.0 Å². The zero-order valence-corrected chi connectivity index (χ0v) is 12.4. The first kappa shape index (κ1) is 14.1. The molecule has 5 heteroatoms. The molecule has 1 N–H and O–H groups in total. The number of carboxylic acids is 1. The summed E-state index contributed by atoms with van der Waals surface area (Å²) < 4.78 is 3.36. The highest BCUT2D eigenvalue weighted by Gasteiger charge is 2.24. The van der Waals surface area contributed by atoms with E-state index in [4.69, 9.17) is 0 Å². The molecule has 0 amide bonds. The summed E-state index contributed by atoms with van der Waals surface area (Å²) in [4.78, 5) is 23.4. The van der Waals surface area contributed by atoms with Crippen LogP contribution in [0.15, 0.2) is 42.7 Å². The van der Waals surface area contributed by atoms with Gasteiger partial charge in [0.05, 0.1) is 17.7 Å². The van der Waals surface area contributed by atoms with Crippen molar-refractivity contribution in [2.75, 3.05) is 0 Å². The second-order valence-electron chi connectivity index (χ2n) is 5.40. The molecular weight excluding hydrogens is 280 g/mol. The fraction of sp³-hybridized carbons (Fsp3) is 0.176. The quantitative estimate of drug-likeness (QED) is 0.805. The van der Waals surface area contributed by atoms with Crippen molar-refractivity contribution in [3.8, 4) is 5.69 Å². The summed E-state index contributed by atoms with van der Waals surface area (Å²) in [6.45, 7) is 3.46. The van der Waals surface area contributed by atoms with Crippen LogP contribution >= 0.6 is 0 Å². The molecule has 22 heavy (non-hydrogen) atoms. The second-order valence-corrected chi connectivity index (χ2v) is 5.40. The largest absolute Gasteiger partial charge is 0.477 e. The Kier molecular flexibility index (Phi) is 3.33. The molecule has 2 heterocycles. The molecule has 0 aliphatic carbocycles. The molecule has 3 aromatic rings. The van der Waals surface area contributed by atoms with Crippen molar-refractivity contribution >= 4 is 22.7 Å². The van der Waals surface area contributed by atoms with Gasteiger partial charge in [-0.25, -0.2) is 4.79 Å². The normalized spacial score (nSPS) is 11.0. The Labute approximate surface area is 127 Å². The van der Waals surface area contributed by atoms with E-state index in [0.717, 1.165) is 16.5 Å². The summed E-state index contributed by atoms with van der Waals surface area (Å²) in [5.41, 5.74) is 2.52. The molecule has 0 aliphatic heterocycles. The highest BCUT2D eigenvalue weighted by molar-refractivity contribution is 6.03. The van der Waals surface area contributed by atoms with Crippen molar-refractivity contribution in [2.45, 2.75) is 20.4 Å². The van der Waals surface area contributed by atoms with E-state index in [2.05, 4.69) is 0 Å². The first-order chi connectivity index (χ1) is 10.5. The van der Waals surface area contributed by atoms with E-state index in [1.54, 1.807) is 9.13 Å². The molecule has 3 rings (SSSR count). The number of aryl methyl sites for hydroxylation is 1. The summed E-state index contributed by atoms with van der Waals surface area (Å²) in [6, 6.07) is 9.43. The Balaban J connectivity index is 2.45. The van der Waals surface area contributed by atoms with Crippen molar-refractivity contribution in [2.24, 2.45) is 0 Å². The maximum absolute atomic E-state index is 11.8. The molecule has 0 aliphatic rings. The van der Waals surface area contributed by atoms with Crippen LogP contribution in [0.3, 0.4) is 0 Å². The molecule has 0 fully saturated rings. The number of Topliss-reactive ketones (excluding diaryl/α,β-unsaturated/α-hetero) is 1. The zero-order valence-electron chi connectivity index (χ0n) is 12.4. The molecular formula is C17H16N2O3. The van der Waals surface area contributed by atoms with Crippen LogP contribution in [0.1, 0.15) is 23.0 Å². The minimum atomic E-state index is -1.04. The van der Waals surface area contributed by atoms with E-state index >= 15 is 0 Å². The Morgan fingerprint density at radius 1 is 1.18 bits per heavy atom. The van der Waals surface area contributed by atoms with Crippen molar-refractivity contribution in [1.82, 2.24) is 9.13 Å². The van der Waals surface area contributed by atoms with Gasteiger partial charge in [0.25, 0.3) is 0 Å². The Morgan fingerprint density at radius 3 is 2.45 bits per heavy atom. The predicted octanol–water partition coefficient (Wildman–Crippen LogP) is 3.03. The molecule has 0 saturated heterocycles. The minimum absolute atomic E-state index is 0.0441. The molecule has 5 nitrogen and oxygen atoms in total. The average Bonchev–Trinajstić information content (AvgIpc) is 3.04. The number of aromatic carboxylic acids is 1. The molecule has 0 spiro atoms. The number of benzene rings is 1. The predicted molar refractivity (Wildman–Crippen MR) is 83.6 cm³/mol. The van der Waals surface area contributed by atoms with Crippen LogP contribution in [0, 0.1) is 6.92 Å². The summed E-state index contributed by atoms with van der Waals surface area (Å²) in [5, 5.41) is 10.5. The van der Waals surface area contributed by atoms with Gasteiger partial charge in [-0.1, -0.05) is 11.6 Å². The van der Waals surface area contributed by atoms with Crippen LogP contribution in [0.5, 0.6) is 0 Å². The van der Waals surface area contributed by atoms with Gasteiger partial charge >= 0.3 is 5.97 Å². The fourth-order valence-electron chi connectivity index (χ4n) is 2.80. The third-order valence-electron chi connectivity index (χ3n) is 3.64. The van der Waals surface area contributed by atoms with Gasteiger partial charge in [-0.2, -0.15) is 0 Å². The summed E-state index contributed by atoms with van der Waals surface area (Å²) in [7, 11) is 0. The van der Waals surface area contributed by atoms with Gasteiger partial charge in [-0.05, 0) is 38.1 Å². The smallest absolute Gasteiger partial charge is 0.354 e. The molecule has 0 saturated carbocycles. The number of rotatable bonds is 4. The highest BCUT2D eigenvalue weighted by Crippen LogP contribution is 2.31. The number of hydrogen-bond donors (Lipinski definition) is 1. The molecule has 0 bridgehead atoms. The number of carbonyl (C=O) groups is 2. The first-order valence-electron chi connectivity index (χ1n) is 6.98. The molecule has 112 valence electrons. The number of carbonyl (C=O) groups excluding carboxylic acids is 1. The summed E-state index contributed by atoms with van der Waals surface area (Å²) >= 11 is 0. The van der Waals surface area contributed by atoms with E-state index < -0.39 is 5.97 Å². The molecule has 0 radical (unpaired) electrons. The van der Waals surface area contributed by atoms with Crippen LogP contribution in [-0.2, 0) is 11.3 Å². The third-order valence-corrected chi connectivity index (χ3v) is 3.64. The van der Waals surface area contributed by atoms with Crippen molar-refractivity contribution in [1.29, 1.82) is 0 Å². The topological polar surface area (TPSA) is 64.2 Å². The van der Waals surface area contributed by atoms with Gasteiger partial charge in [-0.3, -0.25) is 4.79 Å². The van der Waals surface area contributed by atoms with Crippen molar-refractivity contribution < 1.29 is 14.7 Å². The number of hydrogen-bond acceptors (Lipinski definition) is 2. The lowest BCUT2D eigenvalue weighted by Gasteiger charge is -2.07. The van der Waals surface area contributed by atoms with Gasteiger partial charge in [0, 0.05) is 17.8 Å². The second kappa shape index (κ2) is 5.18. The molecule has 0 atom stereocenters. The van der Waals surface area contributed by atoms with E-state index in [1.807, 2.05) is 49.6 Å². The van der Waals surface area contributed by atoms with Crippen LogP contribution in [-0.4, -0.2) is 26.0 Å². The number of fused-ring (bicyclic) bond motifs is 1. The van der Waals surface area contributed by atoms with E-state index in [1.165, 1.54) is 6.92 Å². The minimum Gasteiger partial charge on any atom is -0.477 e. The van der Waals surface area contributed by atoms with Gasteiger partial charge < -0.3 is 14.2 Å². The van der Waals surface area contributed by atoms with Crippen LogP contribution < -0.4 is 0 Å². The standard InChI is InChI=1S/C17H16N2O3/c1-11-5-6-14-13(9-11)15(18-7-3-4-8-18)16(17(21)22)19(14)10-12(2)20/h3-9H,10H2,1-2H3,(H,21,22). The van der Waals surface area contributed by atoms with Crippen molar-refractivity contribution in [3.05, 3.63) is 54.0 Å². The molecule has 0 unspecified atom stereocenters. The van der Waals surface area contributed by atoms with Gasteiger partial charge in [0.2, 0.25) is 0 Å². The van der Waals surface area contributed by atoms with Crippen LogP contribution in [0.25, 0.3) is 16.6 Å². The molecule has 1 aromatic carbocycles. The maximum atomic E-state index is 11.8. The van der Waals surface area contributed by atoms with Gasteiger partial charge in [0.15, 0.2) is 5.69 Å². The lowest BCUT2D eigenvalue weighted by atomic mass is 10.1. The fourth-order valence-corrected chi connectivity index (χ4v) is 2.80. The SMILES string of the molecule is CC(=O)Cn1c(C(=O)O)c(-n2cccc2)c2cc(C)ccc21. The molecule has 2 aromatic heterocycles. The lowest BCUT2D eigenvalue weighted by Crippen LogP contribution is -2.14. The van der Waals surface area contributed by atoms with Gasteiger partial charge in [0.1, 0.15) is 5.78 Å². The Hall–Kier alpha value is -2.82. The monoisotopic (exact) mass is 296 g/mol. The van der Waals surface area contributed by atoms with Crippen LogP contribution in [0.4, 0.5) is 0 Å². The highest BCUT2D eigenvalue weighted by atomic mass is 16.4. The zero-order chi connectivity index (χ0) is 15.9. The number of aromatic nitrogens is 2. The first-order valence-corrected chi connectivity index (χ1v) is 6.98. The van der Waals surface area contributed by atoms with Crippen molar-refractivity contribution in [3.63, 3.8) is 0 Å². The average molecular weight is 296 g/mol. The lowest BCUT2D eigenvalue weighted by molar-refractivity contribution is -0.117. The number of carboxylic acid groups (broad SMARTS) is 1. The van der Waals surface area contributed by atoms with E-state index in [0.29, 0.717) is 5.69 Å².